The molecule has 7 heteroatoms. The van der Waals surface area contributed by atoms with Gasteiger partial charge in [0.15, 0.2) is 0 Å². The largest absolute Gasteiger partial charge is 0.350 e. The number of halogens is 2. The molecule has 0 unspecified atom stereocenters. The first-order chi connectivity index (χ1) is 9.47. The van der Waals surface area contributed by atoms with Gasteiger partial charge in [-0.1, -0.05) is 24.3 Å². The zero-order valence-corrected chi connectivity index (χ0v) is 14.3. The van der Waals surface area contributed by atoms with Crippen LogP contribution < -0.4 is 11.1 Å². The molecule has 22 heavy (non-hydrogen) atoms. The molecule has 1 heterocycles. The molecular weight excluding hydrogens is 323 g/mol. The number of carbonyl (C=O) groups is 1. The summed E-state index contributed by atoms with van der Waals surface area (Å²) in [4.78, 5) is 15.8. The third kappa shape index (κ3) is 5.67. The Labute approximate surface area is 143 Å². The van der Waals surface area contributed by atoms with Gasteiger partial charge in [0.05, 0.1) is 11.9 Å². The van der Waals surface area contributed by atoms with E-state index in [1.807, 2.05) is 29.0 Å². The molecule has 0 aliphatic carbocycles. The summed E-state index contributed by atoms with van der Waals surface area (Å²) in [7, 11) is 0. The van der Waals surface area contributed by atoms with Crippen molar-refractivity contribution in [2.75, 3.05) is 0 Å². The molecule has 1 aromatic heterocycles. The molecule has 0 atom stereocenters. The molecule has 2 rings (SSSR count). The highest BCUT2D eigenvalue weighted by Crippen LogP contribution is 2.11. The van der Waals surface area contributed by atoms with Gasteiger partial charge < -0.3 is 15.6 Å². The van der Waals surface area contributed by atoms with E-state index in [1.54, 1.807) is 26.4 Å². The Bertz CT molecular complexity index is 579. The Morgan fingerprint density at radius 2 is 1.91 bits per heavy atom. The van der Waals surface area contributed by atoms with E-state index in [4.69, 9.17) is 5.73 Å². The number of amides is 1. The van der Waals surface area contributed by atoms with Crippen molar-refractivity contribution in [3.05, 3.63) is 54.1 Å². The van der Waals surface area contributed by atoms with Gasteiger partial charge in [-0.25, -0.2) is 4.98 Å². The Balaban J connectivity index is 0.00000220. The van der Waals surface area contributed by atoms with Crippen molar-refractivity contribution in [2.24, 2.45) is 5.73 Å². The molecule has 0 saturated heterocycles. The highest BCUT2D eigenvalue weighted by molar-refractivity contribution is 5.86. The number of nitrogens with zero attached hydrogens (tertiary/aromatic N) is 2. The lowest BCUT2D eigenvalue weighted by molar-refractivity contribution is -0.125. The number of rotatable bonds is 5. The minimum atomic E-state index is -0.862. The normalized spacial score (nSPS) is 10.3. The summed E-state index contributed by atoms with van der Waals surface area (Å²) in [6, 6.07) is 8.02. The fourth-order valence-electron chi connectivity index (χ4n) is 1.86. The van der Waals surface area contributed by atoms with Crippen molar-refractivity contribution < 1.29 is 4.79 Å². The fourth-order valence-corrected chi connectivity index (χ4v) is 1.86. The molecular formula is C15H22Cl2N4O. The first kappa shape index (κ1) is 20.4. The third-order valence-electron chi connectivity index (χ3n) is 3.06. The van der Waals surface area contributed by atoms with E-state index in [0.717, 1.165) is 17.7 Å². The van der Waals surface area contributed by atoms with E-state index in [9.17, 15) is 4.79 Å². The van der Waals surface area contributed by atoms with Crippen LogP contribution in [0.25, 0.3) is 0 Å². The van der Waals surface area contributed by atoms with Crippen LogP contribution in [0, 0.1) is 0 Å². The number of hydrogen-bond acceptors (Lipinski definition) is 3. The molecule has 0 aliphatic heterocycles. The lowest BCUT2D eigenvalue weighted by atomic mass is 10.0. The second-order valence-electron chi connectivity index (χ2n) is 5.41. The summed E-state index contributed by atoms with van der Waals surface area (Å²) in [6.45, 7) is 4.60. The Kier molecular flexibility index (Phi) is 8.16. The second-order valence-corrected chi connectivity index (χ2v) is 5.41. The molecule has 122 valence electrons. The summed E-state index contributed by atoms with van der Waals surface area (Å²) in [5.41, 5.74) is 7.14. The van der Waals surface area contributed by atoms with Crippen LogP contribution in [-0.2, 0) is 17.9 Å². The van der Waals surface area contributed by atoms with E-state index >= 15 is 0 Å². The van der Waals surface area contributed by atoms with Crippen molar-refractivity contribution in [3.8, 4) is 0 Å². The summed E-state index contributed by atoms with van der Waals surface area (Å²) >= 11 is 0. The topological polar surface area (TPSA) is 72.9 Å². The molecule has 0 bridgehead atoms. The number of imidazole rings is 1. The zero-order valence-electron chi connectivity index (χ0n) is 12.7. The van der Waals surface area contributed by atoms with Crippen LogP contribution in [0.4, 0.5) is 0 Å². The van der Waals surface area contributed by atoms with Gasteiger partial charge in [0.25, 0.3) is 0 Å². The molecule has 3 N–H and O–H groups in total. The second kappa shape index (κ2) is 8.78. The highest BCUT2D eigenvalue weighted by atomic mass is 35.5. The summed E-state index contributed by atoms with van der Waals surface area (Å²) in [5.74, 6) is -0.157. The van der Waals surface area contributed by atoms with Crippen LogP contribution in [0.1, 0.15) is 25.0 Å². The lowest BCUT2D eigenvalue weighted by Gasteiger charge is -2.18. The van der Waals surface area contributed by atoms with E-state index in [2.05, 4.69) is 16.4 Å². The molecule has 1 aromatic carbocycles. The predicted octanol–water partition coefficient (Wildman–Crippen LogP) is 2.13. The van der Waals surface area contributed by atoms with Crippen LogP contribution in [-0.4, -0.2) is 21.0 Å². The van der Waals surface area contributed by atoms with E-state index in [-0.39, 0.29) is 30.7 Å². The smallest absolute Gasteiger partial charge is 0.239 e. The maximum atomic E-state index is 11.8. The molecule has 0 radical (unpaired) electrons. The third-order valence-corrected chi connectivity index (χ3v) is 3.06. The lowest BCUT2D eigenvalue weighted by Crippen LogP contribution is -2.48. The Morgan fingerprint density at radius 1 is 1.27 bits per heavy atom. The van der Waals surface area contributed by atoms with Gasteiger partial charge >= 0.3 is 0 Å². The molecule has 1 amide bonds. The van der Waals surface area contributed by atoms with Gasteiger partial charge in [0.1, 0.15) is 0 Å². The fraction of sp³-hybridized carbons (Fsp3) is 0.333. The quantitative estimate of drug-likeness (QED) is 0.872. The van der Waals surface area contributed by atoms with Crippen LogP contribution >= 0.6 is 24.8 Å². The first-order valence-corrected chi connectivity index (χ1v) is 6.56. The number of nitrogens with two attached hydrogens (primary N) is 1. The Hall–Kier alpha value is -1.56. The SMILES string of the molecule is CC(C)(N)C(=O)NCc1ccccc1Cn1ccnc1.Cl.Cl. The minimum Gasteiger partial charge on any atom is -0.350 e. The maximum Gasteiger partial charge on any atom is 0.239 e. The van der Waals surface area contributed by atoms with Crippen molar-refractivity contribution in [2.45, 2.75) is 32.5 Å². The van der Waals surface area contributed by atoms with Crippen molar-refractivity contribution in [1.29, 1.82) is 0 Å². The van der Waals surface area contributed by atoms with Gasteiger partial charge in [-0.2, -0.15) is 0 Å². The van der Waals surface area contributed by atoms with Crippen LogP contribution in [0.3, 0.4) is 0 Å². The predicted molar refractivity (Wildman–Crippen MR) is 92.4 cm³/mol. The average Bonchev–Trinajstić information content (AvgIpc) is 2.89. The molecule has 0 spiro atoms. The summed E-state index contributed by atoms with van der Waals surface area (Å²) in [6.07, 6.45) is 5.44. The Morgan fingerprint density at radius 3 is 2.45 bits per heavy atom. The van der Waals surface area contributed by atoms with E-state index in [0.29, 0.717) is 6.54 Å². The van der Waals surface area contributed by atoms with Crippen LogP contribution in [0.5, 0.6) is 0 Å². The summed E-state index contributed by atoms with van der Waals surface area (Å²) < 4.78 is 1.99. The van der Waals surface area contributed by atoms with Crippen LogP contribution in [0.15, 0.2) is 43.0 Å². The van der Waals surface area contributed by atoms with Gasteiger partial charge in [0.2, 0.25) is 5.91 Å². The van der Waals surface area contributed by atoms with Gasteiger partial charge in [-0.05, 0) is 25.0 Å². The van der Waals surface area contributed by atoms with E-state index in [1.165, 1.54) is 0 Å². The van der Waals surface area contributed by atoms with Crippen LogP contribution in [0.2, 0.25) is 0 Å². The number of aromatic nitrogens is 2. The standard InChI is InChI=1S/C15H20N4O.2ClH/c1-15(2,16)14(20)18-9-12-5-3-4-6-13(12)10-19-8-7-17-11-19;;/h3-8,11H,9-10,16H2,1-2H3,(H,18,20);2*1H. The highest BCUT2D eigenvalue weighted by Gasteiger charge is 2.21. The molecule has 2 aromatic rings. The van der Waals surface area contributed by atoms with Gasteiger partial charge in [-0.3, -0.25) is 4.79 Å². The maximum absolute atomic E-state index is 11.8. The average molecular weight is 345 g/mol. The molecule has 5 nitrogen and oxygen atoms in total. The van der Waals surface area contributed by atoms with Gasteiger partial charge in [0, 0.05) is 25.5 Å². The molecule has 0 saturated carbocycles. The zero-order chi connectivity index (χ0) is 14.6. The minimum absolute atomic E-state index is 0. The summed E-state index contributed by atoms with van der Waals surface area (Å²) in [5, 5.41) is 2.87. The number of nitrogens with one attached hydrogen (secondary N) is 1. The van der Waals surface area contributed by atoms with Crippen molar-refractivity contribution >= 4 is 30.7 Å². The van der Waals surface area contributed by atoms with Gasteiger partial charge in [-0.15, -0.1) is 24.8 Å². The molecule has 0 fully saturated rings. The van der Waals surface area contributed by atoms with Crippen molar-refractivity contribution in [1.82, 2.24) is 14.9 Å². The number of carbonyl (C=O) groups excluding carboxylic acids is 1. The number of hydrogen-bond donors (Lipinski definition) is 2. The number of benzene rings is 1. The molecule has 0 aliphatic rings. The first-order valence-electron chi connectivity index (χ1n) is 6.56. The van der Waals surface area contributed by atoms with Crippen molar-refractivity contribution in [3.63, 3.8) is 0 Å². The van der Waals surface area contributed by atoms with E-state index < -0.39 is 5.54 Å². The monoisotopic (exact) mass is 344 g/mol.